The number of nitrogens with two attached hydrogens (primary N) is 1. The van der Waals surface area contributed by atoms with Crippen molar-refractivity contribution in [3.05, 3.63) is 35.4 Å². The summed E-state index contributed by atoms with van der Waals surface area (Å²) in [5.41, 5.74) is 6.82. The Morgan fingerprint density at radius 1 is 1.43 bits per heavy atom. The van der Waals surface area contributed by atoms with E-state index in [0.29, 0.717) is 18.5 Å². The Labute approximate surface area is 124 Å². The lowest BCUT2D eigenvalue weighted by Gasteiger charge is -2.40. The maximum absolute atomic E-state index is 11.9. The molecule has 0 heterocycles. The summed E-state index contributed by atoms with van der Waals surface area (Å²) < 4.78 is 5.46. The molecule has 1 fully saturated rings. The number of methoxy groups -OCH3 is 1. The molecule has 1 aromatic rings. The summed E-state index contributed by atoms with van der Waals surface area (Å²) in [6.45, 7) is 0.560. The van der Waals surface area contributed by atoms with Crippen LogP contribution in [0.2, 0.25) is 0 Å². The monoisotopic (exact) mass is 291 g/mol. The molecule has 0 saturated heterocycles. The fourth-order valence-corrected chi connectivity index (χ4v) is 2.38. The van der Waals surface area contributed by atoms with E-state index in [1.807, 2.05) is 0 Å². The number of carbonyl (C=O) groups excluding carboxylic acids is 1. The largest absolute Gasteiger partial charge is 0.409 e. The molecule has 1 aromatic carbocycles. The molecule has 6 nitrogen and oxygen atoms in total. The lowest BCUT2D eigenvalue weighted by molar-refractivity contribution is -0.124. The molecule has 1 amide bonds. The molecule has 1 saturated carbocycles. The average molecular weight is 291 g/mol. The second kappa shape index (κ2) is 6.58. The van der Waals surface area contributed by atoms with Gasteiger partial charge >= 0.3 is 0 Å². The molecule has 1 aliphatic rings. The zero-order chi connectivity index (χ0) is 15.3. The first-order valence-corrected chi connectivity index (χ1v) is 6.97. The van der Waals surface area contributed by atoms with E-state index in [0.717, 1.165) is 24.8 Å². The Hall–Kier alpha value is -2.08. The van der Waals surface area contributed by atoms with Gasteiger partial charge in [0.1, 0.15) is 0 Å². The third kappa shape index (κ3) is 3.72. The zero-order valence-electron chi connectivity index (χ0n) is 12.1. The van der Waals surface area contributed by atoms with Gasteiger partial charge in [-0.15, -0.1) is 0 Å². The molecule has 0 bridgehead atoms. The molecule has 4 N–H and O–H groups in total. The highest BCUT2D eigenvalue weighted by Gasteiger charge is 2.37. The van der Waals surface area contributed by atoms with E-state index in [9.17, 15) is 4.79 Å². The number of carbonyl (C=O) groups is 1. The number of nitrogens with zero attached hydrogens (tertiary/aromatic N) is 1. The van der Waals surface area contributed by atoms with Gasteiger partial charge in [0, 0.05) is 19.2 Å². The number of hydrogen-bond donors (Lipinski definition) is 3. The van der Waals surface area contributed by atoms with Crippen molar-refractivity contribution < 1.29 is 14.7 Å². The zero-order valence-corrected chi connectivity index (χ0v) is 12.1. The molecule has 114 valence electrons. The second-order valence-corrected chi connectivity index (χ2v) is 5.38. The summed E-state index contributed by atoms with van der Waals surface area (Å²) in [6.07, 6.45) is 3.45. The van der Waals surface area contributed by atoms with Crippen molar-refractivity contribution in [3.8, 4) is 0 Å². The van der Waals surface area contributed by atoms with E-state index in [-0.39, 0.29) is 17.3 Å². The van der Waals surface area contributed by atoms with Crippen LogP contribution >= 0.6 is 0 Å². The molecular weight excluding hydrogens is 270 g/mol. The smallest absolute Gasteiger partial charge is 0.224 e. The summed E-state index contributed by atoms with van der Waals surface area (Å²) >= 11 is 0. The predicted octanol–water partition coefficient (Wildman–Crippen LogP) is 1.01. The van der Waals surface area contributed by atoms with Crippen molar-refractivity contribution in [2.45, 2.75) is 31.3 Å². The van der Waals surface area contributed by atoms with Crippen molar-refractivity contribution in [2.75, 3.05) is 13.7 Å². The number of hydrogen-bond acceptors (Lipinski definition) is 4. The standard InChI is InChI=1S/C15H21N3O3/c1-21-15(7-2-8-15)10-17-13(19)9-11-3-5-12(6-4-11)14(16)18-20/h3-6,20H,2,7-10H2,1H3,(H2,16,18)(H,17,19). The molecule has 21 heavy (non-hydrogen) atoms. The molecule has 0 radical (unpaired) electrons. The Morgan fingerprint density at radius 2 is 2.10 bits per heavy atom. The van der Waals surface area contributed by atoms with Crippen LogP contribution in [0.25, 0.3) is 0 Å². The van der Waals surface area contributed by atoms with E-state index in [1.165, 1.54) is 0 Å². The Kier molecular flexibility index (Phi) is 4.80. The molecule has 0 aromatic heterocycles. The lowest BCUT2D eigenvalue weighted by Crippen LogP contribution is -2.49. The molecule has 0 unspecified atom stereocenters. The van der Waals surface area contributed by atoms with Gasteiger partial charge in [-0.3, -0.25) is 4.79 Å². The van der Waals surface area contributed by atoms with Crippen LogP contribution in [-0.4, -0.2) is 36.2 Å². The summed E-state index contributed by atoms with van der Waals surface area (Å²) in [4.78, 5) is 11.9. The van der Waals surface area contributed by atoms with Crippen LogP contribution in [-0.2, 0) is 16.0 Å². The quantitative estimate of drug-likeness (QED) is 0.315. The highest BCUT2D eigenvalue weighted by Crippen LogP contribution is 2.34. The third-order valence-corrected chi connectivity index (χ3v) is 4.03. The molecule has 0 atom stereocenters. The normalized spacial score (nSPS) is 17.1. The van der Waals surface area contributed by atoms with Crippen LogP contribution in [0, 0.1) is 0 Å². The van der Waals surface area contributed by atoms with Gasteiger partial charge in [0.2, 0.25) is 5.91 Å². The molecule has 0 spiro atoms. The fourth-order valence-electron chi connectivity index (χ4n) is 2.38. The first-order valence-electron chi connectivity index (χ1n) is 6.97. The van der Waals surface area contributed by atoms with E-state index >= 15 is 0 Å². The number of amides is 1. The maximum atomic E-state index is 11.9. The second-order valence-electron chi connectivity index (χ2n) is 5.38. The Morgan fingerprint density at radius 3 is 2.57 bits per heavy atom. The first kappa shape index (κ1) is 15.3. The van der Waals surface area contributed by atoms with Crippen molar-refractivity contribution in [3.63, 3.8) is 0 Å². The minimum Gasteiger partial charge on any atom is -0.409 e. The fraction of sp³-hybridized carbons (Fsp3) is 0.467. The number of benzene rings is 1. The molecule has 1 aliphatic carbocycles. The third-order valence-electron chi connectivity index (χ3n) is 4.03. The van der Waals surface area contributed by atoms with Gasteiger partial charge in [0.05, 0.1) is 12.0 Å². The minimum atomic E-state index is -0.161. The van der Waals surface area contributed by atoms with Crippen molar-refractivity contribution >= 4 is 11.7 Å². The SMILES string of the molecule is COC1(CNC(=O)Cc2ccc(/C(N)=N/O)cc2)CCC1. The Bertz CT molecular complexity index is 516. The number of nitrogens with one attached hydrogen (secondary N) is 1. The van der Waals surface area contributed by atoms with Gasteiger partial charge in [-0.1, -0.05) is 29.4 Å². The summed E-state index contributed by atoms with van der Waals surface area (Å²) in [7, 11) is 1.69. The van der Waals surface area contributed by atoms with Gasteiger partial charge in [-0.2, -0.15) is 0 Å². The van der Waals surface area contributed by atoms with Crippen LogP contribution in [0.15, 0.2) is 29.4 Å². The van der Waals surface area contributed by atoms with E-state index in [1.54, 1.807) is 31.4 Å². The maximum Gasteiger partial charge on any atom is 0.224 e. The summed E-state index contributed by atoms with van der Waals surface area (Å²) in [6, 6.07) is 7.03. The van der Waals surface area contributed by atoms with Crippen LogP contribution in [0.1, 0.15) is 30.4 Å². The first-order chi connectivity index (χ1) is 10.1. The molecular formula is C15H21N3O3. The lowest BCUT2D eigenvalue weighted by atomic mass is 9.80. The molecule has 2 rings (SSSR count). The summed E-state index contributed by atoms with van der Waals surface area (Å²) in [5, 5.41) is 14.4. The average Bonchev–Trinajstić information content (AvgIpc) is 2.46. The predicted molar refractivity (Wildman–Crippen MR) is 79.3 cm³/mol. The minimum absolute atomic E-state index is 0.0325. The highest BCUT2D eigenvalue weighted by molar-refractivity contribution is 5.97. The Balaban J connectivity index is 1.85. The van der Waals surface area contributed by atoms with Crippen LogP contribution in [0.4, 0.5) is 0 Å². The van der Waals surface area contributed by atoms with Crippen molar-refractivity contribution in [2.24, 2.45) is 10.9 Å². The molecule has 6 heteroatoms. The van der Waals surface area contributed by atoms with E-state index < -0.39 is 0 Å². The van der Waals surface area contributed by atoms with Gasteiger partial charge in [0.25, 0.3) is 0 Å². The number of ether oxygens (including phenoxy) is 1. The van der Waals surface area contributed by atoms with Crippen LogP contribution in [0.5, 0.6) is 0 Å². The van der Waals surface area contributed by atoms with E-state index in [4.69, 9.17) is 15.7 Å². The van der Waals surface area contributed by atoms with Crippen molar-refractivity contribution in [1.82, 2.24) is 5.32 Å². The van der Waals surface area contributed by atoms with Gasteiger partial charge in [0.15, 0.2) is 5.84 Å². The highest BCUT2D eigenvalue weighted by atomic mass is 16.5. The van der Waals surface area contributed by atoms with Gasteiger partial charge in [-0.25, -0.2) is 0 Å². The van der Waals surface area contributed by atoms with Crippen LogP contribution in [0.3, 0.4) is 0 Å². The van der Waals surface area contributed by atoms with E-state index in [2.05, 4.69) is 10.5 Å². The molecule has 0 aliphatic heterocycles. The van der Waals surface area contributed by atoms with Crippen molar-refractivity contribution in [1.29, 1.82) is 0 Å². The number of rotatable bonds is 6. The summed E-state index contributed by atoms with van der Waals surface area (Å²) in [5.74, 6) is 0.0212. The van der Waals surface area contributed by atoms with Gasteiger partial charge < -0.3 is 21.0 Å². The topological polar surface area (TPSA) is 96.9 Å². The number of oxime groups is 1. The number of amidine groups is 1. The van der Waals surface area contributed by atoms with Crippen LogP contribution < -0.4 is 11.1 Å². The van der Waals surface area contributed by atoms with Gasteiger partial charge in [-0.05, 0) is 24.8 Å².